The van der Waals surface area contributed by atoms with Gasteiger partial charge in [-0.3, -0.25) is 4.79 Å². The van der Waals surface area contributed by atoms with E-state index < -0.39 is 62.6 Å². The molecular weight excluding hydrogens is 508 g/mol. The summed E-state index contributed by atoms with van der Waals surface area (Å²) in [4.78, 5) is 14.4. The number of aromatic amines is 1. The van der Waals surface area contributed by atoms with Gasteiger partial charge in [-0.2, -0.15) is 4.72 Å². The molecule has 0 radical (unpaired) electrons. The molecule has 35 heavy (non-hydrogen) atoms. The summed E-state index contributed by atoms with van der Waals surface area (Å²) >= 11 is 0.807. The van der Waals surface area contributed by atoms with Gasteiger partial charge in [0.05, 0.1) is 10.4 Å². The molecule has 1 unspecified atom stereocenters. The highest BCUT2D eigenvalue weighted by atomic mass is 32.2. The predicted octanol–water partition coefficient (Wildman–Crippen LogP) is 4.16. The molecule has 0 amide bonds. The van der Waals surface area contributed by atoms with Gasteiger partial charge in [-0.1, -0.05) is 30.0 Å². The van der Waals surface area contributed by atoms with E-state index in [0.29, 0.717) is 10.4 Å². The van der Waals surface area contributed by atoms with Crippen molar-refractivity contribution in [1.29, 1.82) is 0 Å². The first-order chi connectivity index (χ1) is 16.6. The van der Waals surface area contributed by atoms with Crippen LogP contribution >= 0.6 is 11.3 Å². The molecule has 2 aromatic heterocycles. The molecule has 3 N–H and O–H groups in total. The minimum Gasteiger partial charge on any atom is -0.480 e. The number of fused-ring (bicyclic) bond motifs is 1. The maximum Gasteiger partial charge on any atom is 0.322 e. The first-order valence-corrected chi connectivity index (χ1v) is 12.1. The van der Waals surface area contributed by atoms with Crippen molar-refractivity contribution in [3.05, 3.63) is 87.9 Å². The fraction of sp³-hybridized carbons (Fsp3) is 0.0870. The lowest BCUT2D eigenvalue weighted by molar-refractivity contribution is -0.138. The number of hydrogen-bond donors (Lipinski definition) is 3. The Kier molecular flexibility index (Phi) is 6.66. The van der Waals surface area contributed by atoms with Crippen LogP contribution in [0, 0.1) is 35.1 Å². The smallest absolute Gasteiger partial charge is 0.322 e. The van der Waals surface area contributed by atoms with E-state index in [-0.39, 0.29) is 9.77 Å². The van der Waals surface area contributed by atoms with Gasteiger partial charge in [0.15, 0.2) is 23.3 Å². The summed E-state index contributed by atoms with van der Waals surface area (Å²) in [5, 5.41) is 8.83. The number of aliphatic carboxylic acids is 1. The summed E-state index contributed by atoms with van der Waals surface area (Å²) < 4.78 is 82.8. The average molecular weight is 523 g/mol. The van der Waals surface area contributed by atoms with E-state index >= 15 is 0 Å². The van der Waals surface area contributed by atoms with Crippen LogP contribution in [0.3, 0.4) is 0 Å². The van der Waals surface area contributed by atoms with Crippen LogP contribution in [0.2, 0.25) is 0 Å². The van der Waals surface area contributed by atoms with Crippen LogP contribution in [0.5, 0.6) is 0 Å². The number of hydrogen-bond acceptors (Lipinski definition) is 4. The van der Waals surface area contributed by atoms with Gasteiger partial charge >= 0.3 is 5.97 Å². The third-order valence-corrected chi connectivity index (χ3v) is 7.91. The molecule has 2 aromatic carbocycles. The third kappa shape index (κ3) is 4.93. The van der Waals surface area contributed by atoms with Crippen molar-refractivity contribution in [2.75, 3.05) is 0 Å². The molecule has 0 saturated heterocycles. The van der Waals surface area contributed by atoms with Crippen LogP contribution in [0.1, 0.15) is 16.0 Å². The van der Waals surface area contributed by atoms with Crippen molar-refractivity contribution in [1.82, 2.24) is 9.71 Å². The van der Waals surface area contributed by atoms with Crippen molar-refractivity contribution < 1.29 is 35.9 Å². The minimum atomic E-state index is -4.35. The van der Waals surface area contributed by atoms with E-state index in [1.165, 1.54) is 12.1 Å². The monoisotopic (exact) mass is 522 g/mol. The Bertz CT molecular complexity index is 1600. The number of carbonyl (C=O) groups is 1. The summed E-state index contributed by atoms with van der Waals surface area (Å²) in [5.74, 6) is -3.41. The van der Waals surface area contributed by atoms with Crippen molar-refractivity contribution in [2.24, 2.45) is 0 Å². The number of benzene rings is 2. The number of sulfonamides is 1. The lowest BCUT2D eigenvalue weighted by Crippen LogP contribution is -2.42. The molecule has 0 spiro atoms. The number of aromatic nitrogens is 1. The number of thiophene rings is 1. The SMILES string of the molecule is O=C(O)C(Cc1c[nH]c2c(F)c(F)c(F)c(F)c12)NS(=O)(=O)c1ccc(C#Cc2ccccc2)s1. The number of rotatable bonds is 6. The fourth-order valence-electron chi connectivity index (χ4n) is 3.29. The molecule has 6 nitrogen and oxygen atoms in total. The lowest BCUT2D eigenvalue weighted by Gasteiger charge is -2.14. The Morgan fingerprint density at radius 1 is 1.00 bits per heavy atom. The highest BCUT2D eigenvalue weighted by Crippen LogP contribution is 2.30. The maximum absolute atomic E-state index is 14.3. The summed E-state index contributed by atoms with van der Waals surface area (Å²) in [6.45, 7) is 0. The topological polar surface area (TPSA) is 99.3 Å². The number of carboxylic acids is 1. The second-order valence-electron chi connectivity index (χ2n) is 7.27. The molecule has 4 aromatic rings. The molecule has 0 aliphatic rings. The molecule has 0 aliphatic carbocycles. The van der Waals surface area contributed by atoms with E-state index in [9.17, 15) is 35.9 Å². The highest BCUT2D eigenvalue weighted by molar-refractivity contribution is 7.91. The summed E-state index contributed by atoms with van der Waals surface area (Å²) in [7, 11) is -4.35. The number of H-pyrrole nitrogens is 1. The van der Waals surface area contributed by atoms with Gasteiger partial charge in [0.2, 0.25) is 0 Å². The van der Waals surface area contributed by atoms with Crippen molar-refractivity contribution in [2.45, 2.75) is 16.7 Å². The van der Waals surface area contributed by atoms with Gasteiger partial charge < -0.3 is 10.1 Å². The van der Waals surface area contributed by atoms with Gasteiger partial charge in [0.25, 0.3) is 10.0 Å². The number of nitrogens with one attached hydrogen (secondary N) is 2. The molecule has 12 heteroatoms. The molecule has 0 bridgehead atoms. The molecule has 0 saturated carbocycles. The molecule has 2 heterocycles. The van der Waals surface area contributed by atoms with Crippen molar-refractivity contribution in [3.63, 3.8) is 0 Å². The summed E-state index contributed by atoms with van der Waals surface area (Å²) in [6, 6.07) is 9.84. The zero-order chi connectivity index (χ0) is 25.3. The molecule has 0 fully saturated rings. The zero-order valence-electron chi connectivity index (χ0n) is 17.4. The van der Waals surface area contributed by atoms with Crippen molar-refractivity contribution in [3.8, 4) is 11.8 Å². The predicted molar refractivity (Wildman–Crippen MR) is 120 cm³/mol. The molecular formula is C23H14F4N2O4S2. The van der Waals surface area contributed by atoms with E-state index in [0.717, 1.165) is 17.5 Å². The van der Waals surface area contributed by atoms with Crippen LogP contribution in [0.25, 0.3) is 10.9 Å². The lowest BCUT2D eigenvalue weighted by atomic mass is 10.0. The summed E-state index contributed by atoms with van der Waals surface area (Å²) in [6.07, 6.45) is 0.282. The van der Waals surface area contributed by atoms with Gasteiger partial charge in [-0.05, 0) is 29.8 Å². The van der Waals surface area contributed by atoms with E-state index in [4.69, 9.17) is 0 Å². The summed E-state index contributed by atoms with van der Waals surface area (Å²) in [5.41, 5.74) is -0.248. The highest BCUT2D eigenvalue weighted by Gasteiger charge is 2.30. The van der Waals surface area contributed by atoms with Crippen molar-refractivity contribution >= 4 is 38.2 Å². The quantitative estimate of drug-likeness (QED) is 0.153. The van der Waals surface area contributed by atoms with Gasteiger partial charge in [0, 0.05) is 23.6 Å². The standard InChI is InChI=1S/C23H14F4N2O4S2/c24-18-17-13(11-28-22(17)21(27)20(26)19(18)25)10-15(23(30)31)29-35(32,33)16-9-8-14(34-16)7-6-12-4-2-1-3-5-12/h1-5,8-9,11,15,28-29H,10H2,(H,30,31). The molecule has 0 aliphatic heterocycles. The van der Waals surface area contributed by atoms with E-state index in [1.54, 1.807) is 24.3 Å². The van der Waals surface area contributed by atoms with Gasteiger partial charge in [0.1, 0.15) is 10.3 Å². The Morgan fingerprint density at radius 3 is 2.37 bits per heavy atom. The largest absolute Gasteiger partial charge is 0.480 e. The second-order valence-corrected chi connectivity index (χ2v) is 10.3. The Balaban J connectivity index is 1.60. The zero-order valence-corrected chi connectivity index (χ0v) is 19.0. The Morgan fingerprint density at radius 2 is 1.69 bits per heavy atom. The fourth-order valence-corrected chi connectivity index (χ4v) is 5.66. The number of halogens is 4. The first kappa shape index (κ1) is 24.5. The molecule has 180 valence electrons. The molecule has 4 rings (SSSR count). The van der Waals surface area contributed by atoms with Crippen LogP contribution < -0.4 is 4.72 Å². The third-order valence-electron chi connectivity index (χ3n) is 4.95. The van der Waals surface area contributed by atoms with Crippen LogP contribution in [-0.2, 0) is 21.2 Å². The van der Waals surface area contributed by atoms with E-state index in [2.05, 4.69) is 16.8 Å². The second kappa shape index (κ2) is 9.53. The van der Waals surface area contributed by atoms with Gasteiger partial charge in [-0.15, -0.1) is 11.3 Å². The Hall–Kier alpha value is -3.66. The average Bonchev–Trinajstić information content (AvgIpc) is 3.48. The van der Waals surface area contributed by atoms with Crippen LogP contribution in [0.15, 0.2) is 52.9 Å². The van der Waals surface area contributed by atoms with E-state index in [1.807, 2.05) is 10.8 Å². The maximum atomic E-state index is 14.3. The number of carboxylic acid groups (broad SMARTS) is 1. The first-order valence-electron chi connectivity index (χ1n) is 9.82. The van der Waals surface area contributed by atoms with Crippen LogP contribution in [0.4, 0.5) is 17.6 Å². The Labute approximate surface area is 200 Å². The minimum absolute atomic E-state index is 0.217. The normalized spacial score (nSPS) is 12.3. The van der Waals surface area contributed by atoms with Gasteiger partial charge in [-0.25, -0.2) is 26.0 Å². The molecule has 1 atom stereocenters. The van der Waals surface area contributed by atoms with Crippen LogP contribution in [-0.4, -0.2) is 30.5 Å².